The van der Waals surface area contributed by atoms with Crippen LogP contribution >= 0.6 is 0 Å². The summed E-state index contributed by atoms with van der Waals surface area (Å²) in [5.74, 6) is -0.363. The zero-order chi connectivity index (χ0) is 16.1. The van der Waals surface area contributed by atoms with Crippen LogP contribution in [-0.4, -0.2) is 40.3 Å². The van der Waals surface area contributed by atoms with E-state index in [4.69, 9.17) is 4.74 Å². The van der Waals surface area contributed by atoms with Gasteiger partial charge in [0.05, 0.1) is 12.1 Å². The number of aromatic nitrogens is 3. The van der Waals surface area contributed by atoms with Crippen LogP contribution in [0.3, 0.4) is 0 Å². The highest BCUT2D eigenvalue weighted by Gasteiger charge is 2.14. The van der Waals surface area contributed by atoms with E-state index in [0.29, 0.717) is 30.9 Å². The van der Waals surface area contributed by atoms with Gasteiger partial charge < -0.3 is 10.1 Å². The second-order valence-electron chi connectivity index (χ2n) is 4.63. The maximum Gasteiger partial charge on any atom is 0.318 e. The minimum atomic E-state index is -0.732. The van der Waals surface area contributed by atoms with Crippen LogP contribution in [0.2, 0.25) is 0 Å². The number of hydrogen-bond donors (Lipinski definition) is 1. The molecule has 0 aliphatic heterocycles. The summed E-state index contributed by atoms with van der Waals surface area (Å²) in [6.45, 7) is 2.58. The molecule has 0 saturated heterocycles. The molecule has 0 aromatic carbocycles. The predicted molar refractivity (Wildman–Crippen MR) is 80.8 cm³/mol. The van der Waals surface area contributed by atoms with Crippen LogP contribution in [0.4, 0.5) is 0 Å². The van der Waals surface area contributed by atoms with Crippen molar-refractivity contribution in [3.63, 3.8) is 0 Å². The van der Waals surface area contributed by atoms with Crippen molar-refractivity contribution < 1.29 is 9.53 Å². The van der Waals surface area contributed by atoms with Gasteiger partial charge in [0, 0.05) is 26.4 Å². The minimum absolute atomic E-state index is 0.232. The van der Waals surface area contributed by atoms with E-state index in [9.17, 15) is 14.4 Å². The number of pyridine rings is 1. The normalized spacial score (nSPS) is 10.8. The first-order valence-electron chi connectivity index (χ1n) is 6.94. The van der Waals surface area contributed by atoms with Crippen LogP contribution in [0.15, 0.2) is 27.9 Å². The molecule has 0 spiro atoms. The van der Waals surface area contributed by atoms with Gasteiger partial charge >= 0.3 is 11.1 Å². The molecule has 0 atom stereocenters. The zero-order valence-electron chi connectivity index (χ0n) is 12.5. The molecule has 2 heterocycles. The number of nitrogens with one attached hydrogen (secondary N) is 1. The second-order valence-corrected chi connectivity index (χ2v) is 4.63. The lowest BCUT2D eigenvalue weighted by Crippen LogP contribution is -2.44. The van der Waals surface area contributed by atoms with Gasteiger partial charge in [-0.2, -0.15) is 0 Å². The first-order chi connectivity index (χ1) is 10.6. The molecule has 0 fully saturated rings. The van der Waals surface area contributed by atoms with Gasteiger partial charge in [-0.3, -0.25) is 23.5 Å². The van der Waals surface area contributed by atoms with Crippen LogP contribution in [-0.2, 0) is 22.6 Å². The lowest BCUT2D eigenvalue weighted by Gasteiger charge is -2.12. The monoisotopic (exact) mass is 306 g/mol. The van der Waals surface area contributed by atoms with E-state index in [0.717, 1.165) is 4.57 Å². The SMILES string of the molecule is CCn1c(=O)c(=O)n(CC(=O)NCCOC)c2cccnc21. The average molecular weight is 306 g/mol. The Balaban J connectivity index is 2.46. The first-order valence-corrected chi connectivity index (χ1v) is 6.94. The molecule has 8 nitrogen and oxygen atoms in total. The van der Waals surface area contributed by atoms with Crippen molar-refractivity contribution in [1.82, 2.24) is 19.4 Å². The molecule has 8 heteroatoms. The van der Waals surface area contributed by atoms with E-state index in [1.807, 2.05) is 0 Å². The Morgan fingerprint density at radius 2 is 2.05 bits per heavy atom. The lowest BCUT2D eigenvalue weighted by atomic mass is 10.3. The zero-order valence-corrected chi connectivity index (χ0v) is 12.5. The molecule has 2 aromatic rings. The topological polar surface area (TPSA) is 95.2 Å². The Kier molecular flexibility index (Phi) is 5.05. The number of hydrogen-bond acceptors (Lipinski definition) is 5. The van der Waals surface area contributed by atoms with Crippen molar-refractivity contribution >= 4 is 17.1 Å². The minimum Gasteiger partial charge on any atom is -0.383 e. The molecular weight excluding hydrogens is 288 g/mol. The van der Waals surface area contributed by atoms with Crippen LogP contribution in [0.25, 0.3) is 11.2 Å². The van der Waals surface area contributed by atoms with Gasteiger partial charge in [-0.05, 0) is 19.1 Å². The summed E-state index contributed by atoms with van der Waals surface area (Å²) < 4.78 is 7.29. The summed E-state index contributed by atoms with van der Waals surface area (Å²) in [6.07, 6.45) is 1.54. The maximum absolute atomic E-state index is 12.2. The molecule has 0 unspecified atom stereocenters. The Bertz CT molecular complexity index is 794. The lowest BCUT2D eigenvalue weighted by molar-refractivity contribution is -0.121. The maximum atomic E-state index is 12.2. The molecule has 2 aromatic heterocycles. The molecule has 118 valence electrons. The standard InChI is InChI=1S/C14H18N4O4/c1-3-17-12-10(5-4-6-16-12)18(14(21)13(17)20)9-11(19)15-7-8-22-2/h4-6H,3,7-9H2,1-2H3,(H,15,19). The van der Waals surface area contributed by atoms with Crippen molar-refractivity contribution in [2.45, 2.75) is 20.0 Å². The van der Waals surface area contributed by atoms with Gasteiger partial charge in [0.15, 0.2) is 5.65 Å². The summed E-state index contributed by atoms with van der Waals surface area (Å²) in [7, 11) is 1.53. The highest BCUT2D eigenvalue weighted by atomic mass is 16.5. The van der Waals surface area contributed by atoms with E-state index in [2.05, 4.69) is 10.3 Å². The van der Waals surface area contributed by atoms with Crippen molar-refractivity contribution in [2.75, 3.05) is 20.3 Å². The molecule has 0 aliphatic carbocycles. The summed E-state index contributed by atoms with van der Waals surface area (Å²) >= 11 is 0. The van der Waals surface area contributed by atoms with Crippen LogP contribution in [0, 0.1) is 0 Å². The van der Waals surface area contributed by atoms with Crippen molar-refractivity contribution in [1.29, 1.82) is 0 Å². The van der Waals surface area contributed by atoms with Gasteiger partial charge in [0.1, 0.15) is 6.54 Å². The highest BCUT2D eigenvalue weighted by Crippen LogP contribution is 2.06. The first kappa shape index (κ1) is 15.9. The summed E-state index contributed by atoms with van der Waals surface area (Å²) in [4.78, 5) is 40.4. The number of methoxy groups -OCH3 is 1. The molecule has 22 heavy (non-hydrogen) atoms. The van der Waals surface area contributed by atoms with E-state index in [1.54, 1.807) is 25.3 Å². The van der Waals surface area contributed by atoms with Crippen LogP contribution in [0.5, 0.6) is 0 Å². The van der Waals surface area contributed by atoms with Crippen LogP contribution < -0.4 is 16.4 Å². The van der Waals surface area contributed by atoms with E-state index < -0.39 is 11.1 Å². The van der Waals surface area contributed by atoms with Crippen molar-refractivity contribution in [3.05, 3.63) is 39.0 Å². The van der Waals surface area contributed by atoms with Crippen LogP contribution in [0.1, 0.15) is 6.92 Å². The second kappa shape index (κ2) is 6.99. The van der Waals surface area contributed by atoms with Crippen molar-refractivity contribution in [3.8, 4) is 0 Å². The molecule has 2 rings (SSSR count). The predicted octanol–water partition coefficient (Wildman–Crippen LogP) is -0.659. The summed E-state index contributed by atoms with van der Waals surface area (Å²) in [6, 6.07) is 3.32. The van der Waals surface area contributed by atoms with Gasteiger partial charge in [0.25, 0.3) is 0 Å². The fraction of sp³-hybridized carbons (Fsp3) is 0.429. The molecular formula is C14H18N4O4. The Morgan fingerprint density at radius 3 is 2.73 bits per heavy atom. The number of fused-ring (bicyclic) bond motifs is 1. The van der Waals surface area contributed by atoms with Gasteiger partial charge in [-0.15, -0.1) is 0 Å². The largest absolute Gasteiger partial charge is 0.383 e. The van der Waals surface area contributed by atoms with E-state index in [1.165, 1.54) is 11.7 Å². The van der Waals surface area contributed by atoms with Crippen molar-refractivity contribution in [2.24, 2.45) is 0 Å². The molecule has 1 amide bonds. The fourth-order valence-electron chi connectivity index (χ4n) is 2.19. The third-order valence-corrected chi connectivity index (χ3v) is 3.23. The third kappa shape index (κ3) is 3.06. The Morgan fingerprint density at radius 1 is 1.32 bits per heavy atom. The number of aryl methyl sites for hydroxylation is 1. The Hall–Kier alpha value is -2.48. The molecule has 0 aliphatic rings. The number of amides is 1. The van der Waals surface area contributed by atoms with E-state index in [-0.39, 0.29) is 12.5 Å². The highest BCUT2D eigenvalue weighted by molar-refractivity contribution is 5.78. The molecule has 0 bridgehead atoms. The van der Waals surface area contributed by atoms with Gasteiger partial charge in [-0.1, -0.05) is 0 Å². The molecule has 0 radical (unpaired) electrons. The number of carbonyl (C=O) groups excluding carboxylic acids is 1. The quantitative estimate of drug-likeness (QED) is 0.565. The average Bonchev–Trinajstić information content (AvgIpc) is 2.52. The number of carbonyl (C=O) groups is 1. The summed E-state index contributed by atoms with van der Waals surface area (Å²) in [5.41, 5.74) is -0.572. The van der Waals surface area contributed by atoms with Gasteiger partial charge in [0.2, 0.25) is 5.91 Å². The fourth-order valence-corrected chi connectivity index (χ4v) is 2.19. The van der Waals surface area contributed by atoms with E-state index >= 15 is 0 Å². The number of rotatable bonds is 6. The number of nitrogens with zero attached hydrogens (tertiary/aromatic N) is 3. The summed E-state index contributed by atoms with van der Waals surface area (Å²) in [5, 5.41) is 2.62. The Labute approximate surface area is 126 Å². The molecule has 0 saturated carbocycles. The smallest absolute Gasteiger partial charge is 0.318 e. The number of ether oxygens (including phenoxy) is 1. The van der Waals surface area contributed by atoms with Gasteiger partial charge in [-0.25, -0.2) is 4.98 Å². The third-order valence-electron chi connectivity index (χ3n) is 3.23. The molecule has 1 N–H and O–H groups in total.